The van der Waals surface area contributed by atoms with Crippen molar-refractivity contribution in [2.24, 2.45) is 5.92 Å². The second kappa shape index (κ2) is 6.74. The molecule has 2 N–H and O–H groups in total. The van der Waals surface area contributed by atoms with E-state index in [1.165, 1.54) is 12.5 Å². The molecule has 2 amide bonds. The molecule has 4 heteroatoms. The molecule has 0 spiro atoms. The van der Waals surface area contributed by atoms with Gasteiger partial charge >= 0.3 is 0 Å². The number of aryl methyl sites for hydroxylation is 2. The molecule has 1 atom stereocenters. The van der Waals surface area contributed by atoms with Gasteiger partial charge in [-0.2, -0.15) is 0 Å². The van der Waals surface area contributed by atoms with Crippen LogP contribution in [0.5, 0.6) is 0 Å². The van der Waals surface area contributed by atoms with Gasteiger partial charge in [-0.05, 0) is 55.9 Å². The average molecular weight is 288 g/mol. The minimum Gasteiger partial charge on any atom is -0.344 e. The number of nitrogens with one attached hydrogen (secondary N) is 2. The second-order valence-electron chi connectivity index (χ2n) is 6.01. The third-order valence-corrected chi connectivity index (χ3v) is 4.29. The van der Waals surface area contributed by atoms with E-state index in [4.69, 9.17) is 0 Å². The third-order valence-electron chi connectivity index (χ3n) is 4.29. The Bertz CT molecular complexity index is 534. The third kappa shape index (κ3) is 4.06. The van der Waals surface area contributed by atoms with Gasteiger partial charge in [-0.25, -0.2) is 0 Å². The van der Waals surface area contributed by atoms with Gasteiger partial charge < -0.3 is 10.6 Å². The largest absolute Gasteiger partial charge is 0.344 e. The zero-order valence-corrected chi connectivity index (χ0v) is 13.0. The molecular weight excluding hydrogens is 264 g/mol. The molecule has 114 valence electrons. The van der Waals surface area contributed by atoms with Crippen molar-refractivity contribution in [3.63, 3.8) is 0 Å². The van der Waals surface area contributed by atoms with Crippen molar-refractivity contribution in [1.82, 2.24) is 5.32 Å². The van der Waals surface area contributed by atoms with Gasteiger partial charge in [-0.1, -0.05) is 18.9 Å². The molecule has 1 unspecified atom stereocenters. The van der Waals surface area contributed by atoms with Gasteiger partial charge in [0, 0.05) is 12.6 Å². The quantitative estimate of drug-likeness (QED) is 0.895. The van der Waals surface area contributed by atoms with Crippen LogP contribution in [0, 0.1) is 19.8 Å². The Morgan fingerprint density at radius 2 is 1.81 bits per heavy atom. The molecule has 1 aromatic rings. The lowest BCUT2D eigenvalue weighted by molar-refractivity contribution is -0.126. The van der Waals surface area contributed by atoms with Gasteiger partial charge in [0.1, 0.15) is 6.04 Å². The minimum absolute atomic E-state index is 0.111. The number of amides is 2. The number of hydrogen-bond acceptors (Lipinski definition) is 2. The molecular formula is C17H24N2O2. The molecule has 21 heavy (non-hydrogen) atoms. The molecule has 1 aliphatic carbocycles. The van der Waals surface area contributed by atoms with Gasteiger partial charge in [0.15, 0.2) is 0 Å². The first-order valence-electron chi connectivity index (χ1n) is 7.62. The van der Waals surface area contributed by atoms with Crippen molar-refractivity contribution in [1.29, 1.82) is 0 Å². The summed E-state index contributed by atoms with van der Waals surface area (Å²) >= 11 is 0. The van der Waals surface area contributed by atoms with Gasteiger partial charge in [-0.3, -0.25) is 9.59 Å². The molecule has 0 aliphatic heterocycles. The lowest BCUT2D eigenvalue weighted by Gasteiger charge is -2.23. The van der Waals surface area contributed by atoms with Crippen molar-refractivity contribution in [2.75, 3.05) is 5.32 Å². The summed E-state index contributed by atoms with van der Waals surface area (Å²) in [6.45, 7) is 5.53. The van der Waals surface area contributed by atoms with Crippen molar-refractivity contribution in [3.8, 4) is 0 Å². The van der Waals surface area contributed by atoms with Crippen LogP contribution in [0.1, 0.15) is 43.7 Å². The van der Waals surface area contributed by atoms with Crippen LogP contribution in [0.25, 0.3) is 0 Å². The first-order chi connectivity index (χ1) is 9.97. The number of anilines is 1. The van der Waals surface area contributed by atoms with Crippen LogP contribution in [0.4, 0.5) is 5.69 Å². The number of carbonyl (C=O) groups is 2. The zero-order chi connectivity index (χ0) is 15.4. The Morgan fingerprint density at radius 1 is 1.14 bits per heavy atom. The van der Waals surface area contributed by atoms with Crippen molar-refractivity contribution in [2.45, 2.75) is 52.5 Å². The first kappa shape index (κ1) is 15.5. The molecule has 4 nitrogen and oxygen atoms in total. The predicted octanol–water partition coefficient (Wildman–Crippen LogP) is 2.94. The smallest absolute Gasteiger partial charge is 0.247 e. The highest BCUT2D eigenvalue weighted by Gasteiger charge is 2.31. The number of carbonyl (C=O) groups excluding carboxylic acids is 2. The minimum atomic E-state index is -0.424. The highest BCUT2D eigenvalue weighted by Crippen LogP contribution is 2.28. The van der Waals surface area contributed by atoms with E-state index >= 15 is 0 Å². The molecule has 1 fully saturated rings. The maximum Gasteiger partial charge on any atom is 0.247 e. The number of hydrogen-bond donors (Lipinski definition) is 2. The van der Waals surface area contributed by atoms with Crippen molar-refractivity contribution >= 4 is 17.5 Å². The van der Waals surface area contributed by atoms with Gasteiger partial charge in [0.25, 0.3) is 0 Å². The van der Waals surface area contributed by atoms with Crippen molar-refractivity contribution in [3.05, 3.63) is 29.3 Å². The van der Waals surface area contributed by atoms with Crippen molar-refractivity contribution < 1.29 is 9.59 Å². The predicted molar refractivity (Wildman–Crippen MR) is 84.1 cm³/mol. The summed E-state index contributed by atoms with van der Waals surface area (Å²) in [5.41, 5.74) is 3.13. The van der Waals surface area contributed by atoms with Crippen LogP contribution in [0.15, 0.2) is 18.2 Å². The van der Waals surface area contributed by atoms with Gasteiger partial charge in [0.2, 0.25) is 11.8 Å². The van der Waals surface area contributed by atoms with E-state index in [1.54, 1.807) is 0 Å². The monoisotopic (exact) mass is 288 g/mol. The normalized spacial score (nSPS) is 16.5. The maximum atomic E-state index is 12.5. The van der Waals surface area contributed by atoms with E-state index in [0.29, 0.717) is 0 Å². The average Bonchev–Trinajstić information content (AvgIpc) is 2.93. The van der Waals surface area contributed by atoms with Gasteiger partial charge in [-0.15, -0.1) is 0 Å². The summed E-state index contributed by atoms with van der Waals surface area (Å²) in [6, 6.07) is 5.44. The second-order valence-corrected chi connectivity index (χ2v) is 6.01. The maximum absolute atomic E-state index is 12.5. The van der Waals surface area contributed by atoms with E-state index in [2.05, 4.69) is 10.6 Å². The molecule has 1 aliphatic rings. The fourth-order valence-corrected chi connectivity index (χ4v) is 2.95. The molecule has 1 saturated carbocycles. The number of benzene rings is 1. The van der Waals surface area contributed by atoms with Crippen LogP contribution in [-0.4, -0.2) is 17.9 Å². The Balaban J connectivity index is 2.09. The highest BCUT2D eigenvalue weighted by atomic mass is 16.2. The lowest BCUT2D eigenvalue weighted by Crippen LogP contribution is -2.47. The van der Waals surface area contributed by atoms with Crippen LogP contribution in [0.2, 0.25) is 0 Å². The summed E-state index contributed by atoms with van der Waals surface area (Å²) in [5, 5.41) is 5.76. The lowest BCUT2D eigenvalue weighted by atomic mass is 9.97. The molecule has 0 saturated heterocycles. The number of rotatable bonds is 4. The molecule has 0 radical (unpaired) electrons. The van der Waals surface area contributed by atoms with E-state index in [9.17, 15) is 9.59 Å². The van der Waals surface area contributed by atoms with Crippen LogP contribution < -0.4 is 10.6 Å². The van der Waals surface area contributed by atoms with E-state index in [-0.39, 0.29) is 17.7 Å². The standard InChI is InChI=1S/C17H24N2O2/c1-11-8-9-15(10-12(11)2)19-17(21)16(18-13(3)20)14-6-4-5-7-14/h8-10,14,16H,4-7H2,1-3H3,(H,18,20)(H,19,21). The molecule has 0 heterocycles. The van der Waals surface area contributed by atoms with E-state index in [1.807, 2.05) is 32.0 Å². The van der Waals surface area contributed by atoms with Crippen LogP contribution in [0.3, 0.4) is 0 Å². The Hall–Kier alpha value is -1.84. The van der Waals surface area contributed by atoms with Crippen LogP contribution in [-0.2, 0) is 9.59 Å². The fraction of sp³-hybridized carbons (Fsp3) is 0.529. The molecule has 0 bridgehead atoms. The topological polar surface area (TPSA) is 58.2 Å². The van der Waals surface area contributed by atoms with E-state index < -0.39 is 6.04 Å². The molecule has 0 aromatic heterocycles. The Kier molecular flexibility index (Phi) is 4.99. The van der Waals surface area contributed by atoms with Gasteiger partial charge in [0.05, 0.1) is 0 Å². The molecule has 1 aromatic carbocycles. The summed E-state index contributed by atoms with van der Waals surface area (Å²) in [6.07, 6.45) is 4.28. The zero-order valence-electron chi connectivity index (χ0n) is 13.0. The van der Waals surface area contributed by atoms with E-state index in [0.717, 1.165) is 36.9 Å². The Labute approximate surface area is 126 Å². The highest BCUT2D eigenvalue weighted by molar-refractivity contribution is 5.97. The summed E-state index contributed by atoms with van der Waals surface area (Å²) in [4.78, 5) is 23.9. The SMILES string of the molecule is CC(=O)NC(C(=O)Nc1ccc(C)c(C)c1)C1CCCC1. The molecule has 2 rings (SSSR count). The Morgan fingerprint density at radius 3 is 2.38 bits per heavy atom. The summed E-state index contributed by atoms with van der Waals surface area (Å²) in [5.74, 6) is -0.0112. The van der Waals surface area contributed by atoms with Crippen LogP contribution >= 0.6 is 0 Å². The fourth-order valence-electron chi connectivity index (χ4n) is 2.95. The summed E-state index contributed by atoms with van der Waals surface area (Å²) < 4.78 is 0. The first-order valence-corrected chi connectivity index (χ1v) is 7.62. The summed E-state index contributed by atoms with van der Waals surface area (Å²) in [7, 11) is 0.